The summed E-state index contributed by atoms with van der Waals surface area (Å²) in [5.74, 6) is -1.96. The molecule has 134 valence electrons. The summed E-state index contributed by atoms with van der Waals surface area (Å²) in [6, 6.07) is 6.91. The first-order chi connectivity index (χ1) is 11.5. The molecule has 0 radical (unpaired) electrons. The van der Waals surface area contributed by atoms with Gasteiger partial charge in [-0.15, -0.1) is 0 Å². The summed E-state index contributed by atoms with van der Waals surface area (Å²) in [6.07, 6.45) is 1.75. The Morgan fingerprint density at radius 2 is 1.80 bits per heavy atom. The van der Waals surface area contributed by atoms with Crippen LogP contribution < -0.4 is 5.11 Å². The smallest absolute Gasteiger partial charge is 0.266 e. The first kappa shape index (κ1) is 19.7. The summed E-state index contributed by atoms with van der Waals surface area (Å²) < 4.78 is 0.255. The predicted octanol–water partition coefficient (Wildman–Crippen LogP) is 2.96. The highest BCUT2D eigenvalue weighted by Crippen LogP contribution is 2.35. The zero-order valence-electron chi connectivity index (χ0n) is 15.0. The summed E-state index contributed by atoms with van der Waals surface area (Å²) >= 11 is 6.36. The largest absolute Gasteiger partial charge is 0.548 e. The van der Waals surface area contributed by atoms with Crippen molar-refractivity contribution in [3.8, 4) is 0 Å². The Morgan fingerprint density at radius 1 is 1.24 bits per heavy atom. The molecule has 1 aromatic rings. The molecule has 1 aliphatic heterocycles. The topological polar surface area (TPSA) is 60.4 Å². The van der Waals surface area contributed by atoms with Gasteiger partial charge in [0.15, 0.2) is 0 Å². The number of carbonyl (C=O) groups is 2. The van der Waals surface area contributed by atoms with Gasteiger partial charge in [0.05, 0.1) is 16.9 Å². The minimum atomic E-state index is -1.29. The molecule has 25 heavy (non-hydrogen) atoms. The molecule has 0 N–H and O–H groups in total. The van der Waals surface area contributed by atoms with Crippen molar-refractivity contribution in [3.63, 3.8) is 0 Å². The van der Waals surface area contributed by atoms with Crippen molar-refractivity contribution in [2.45, 2.75) is 46.1 Å². The van der Waals surface area contributed by atoms with Gasteiger partial charge < -0.3 is 9.90 Å². The minimum Gasteiger partial charge on any atom is -0.548 e. The quantitative estimate of drug-likeness (QED) is 0.597. The number of rotatable bonds is 4. The van der Waals surface area contributed by atoms with Crippen LogP contribution in [0.25, 0.3) is 6.08 Å². The Kier molecular flexibility index (Phi) is 5.74. The Hall–Kier alpha value is -1.66. The fourth-order valence-corrected chi connectivity index (χ4v) is 3.96. The Labute approximate surface area is 158 Å². The van der Waals surface area contributed by atoms with Gasteiger partial charge in [-0.05, 0) is 28.5 Å². The van der Waals surface area contributed by atoms with Gasteiger partial charge in [-0.3, -0.25) is 9.69 Å². The Balaban J connectivity index is 2.29. The van der Waals surface area contributed by atoms with E-state index >= 15 is 0 Å². The molecule has 1 saturated heterocycles. The average molecular weight is 377 g/mol. The van der Waals surface area contributed by atoms with Gasteiger partial charge >= 0.3 is 0 Å². The van der Waals surface area contributed by atoms with E-state index in [1.54, 1.807) is 19.9 Å². The Morgan fingerprint density at radius 3 is 2.24 bits per heavy atom. The zero-order valence-corrected chi connectivity index (χ0v) is 16.7. The monoisotopic (exact) mass is 376 g/mol. The van der Waals surface area contributed by atoms with Gasteiger partial charge in [0.2, 0.25) is 0 Å². The number of hydrogen-bond donors (Lipinski definition) is 0. The highest BCUT2D eigenvalue weighted by atomic mass is 32.2. The second kappa shape index (κ2) is 7.30. The number of thiocarbonyl (C=S) groups is 1. The first-order valence-corrected chi connectivity index (χ1v) is 9.33. The first-order valence-electron chi connectivity index (χ1n) is 8.11. The standard InChI is InChI=1S/C19H23NO3S2/c1-11(2)15(17(22)23)20-16(21)14(25-18(20)24)10-12-6-8-13(9-7-12)19(3,4)5/h6-11,15H,1-5H3,(H,22,23)/p-1/b14-10-/t15-/m1/s1. The van der Waals surface area contributed by atoms with E-state index in [4.69, 9.17) is 12.2 Å². The van der Waals surface area contributed by atoms with E-state index in [2.05, 4.69) is 20.8 Å². The molecule has 1 aliphatic rings. The third-order valence-corrected chi connectivity index (χ3v) is 5.38. The molecule has 1 amide bonds. The van der Waals surface area contributed by atoms with E-state index in [1.165, 1.54) is 5.56 Å². The van der Waals surface area contributed by atoms with E-state index in [9.17, 15) is 14.7 Å². The third kappa shape index (κ3) is 4.30. The van der Waals surface area contributed by atoms with Crippen molar-refractivity contribution in [1.29, 1.82) is 0 Å². The van der Waals surface area contributed by atoms with E-state index < -0.39 is 12.0 Å². The molecule has 4 nitrogen and oxygen atoms in total. The lowest BCUT2D eigenvalue weighted by atomic mass is 9.87. The van der Waals surface area contributed by atoms with Gasteiger partial charge in [-0.1, -0.05) is 82.9 Å². The second-order valence-electron chi connectivity index (χ2n) is 7.43. The highest BCUT2D eigenvalue weighted by molar-refractivity contribution is 8.26. The predicted molar refractivity (Wildman–Crippen MR) is 104 cm³/mol. The van der Waals surface area contributed by atoms with Gasteiger partial charge in [-0.2, -0.15) is 0 Å². The van der Waals surface area contributed by atoms with E-state index in [1.807, 2.05) is 24.3 Å². The number of hydrogen-bond acceptors (Lipinski definition) is 5. The molecule has 1 heterocycles. The van der Waals surface area contributed by atoms with Crippen LogP contribution in [0.5, 0.6) is 0 Å². The molecular weight excluding hydrogens is 354 g/mol. The van der Waals surface area contributed by atoms with Gasteiger partial charge in [0.25, 0.3) is 5.91 Å². The summed E-state index contributed by atoms with van der Waals surface area (Å²) in [7, 11) is 0. The molecule has 1 atom stereocenters. The number of carboxylic acid groups (broad SMARTS) is 1. The lowest BCUT2D eigenvalue weighted by Crippen LogP contribution is -2.52. The molecule has 0 aliphatic carbocycles. The lowest BCUT2D eigenvalue weighted by molar-refractivity contribution is -0.311. The fourth-order valence-electron chi connectivity index (χ4n) is 2.63. The van der Waals surface area contributed by atoms with E-state index in [-0.39, 0.29) is 21.6 Å². The molecule has 0 bridgehead atoms. The van der Waals surface area contributed by atoms with Gasteiger partial charge in [0.1, 0.15) is 4.32 Å². The number of carboxylic acids is 1. The van der Waals surface area contributed by atoms with E-state index in [0.29, 0.717) is 4.91 Å². The SMILES string of the molecule is CC(C)[C@H](C(=O)[O-])N1C(=O)/C(=C/c2ccc(C(C)(C)C)cc2)SC1=S. The maximum Gasteiger partial charge on any atom is 0.266 e. The number of aliphatic carboxylic acids is 1. The average Bonchev–Trinajstić information content (AvgIpc) is 2.74. The van der Waals surface area contributed by atoms with Crippen molar-refractivity contribution in [1.82, 2.24) is 4.90 Å². The normalized spacial score (nSPS) is 18.3. The second-order valence-corrected chi connectivity index (χ2v) is 9.11. The van der Waals surface area contributed by atoms with Crippen LogP contribution >= 0.6 is 24.0 Å². The summed E-state index contributed by atoms with van der Waals surface area (Å²) in [4.78, 5) is 25.7. The van der Waals surface area contributed by atoms with Crippen molar-refractivity contribution in [3.05, 3.63) is 40.3 Å². The molecular formula is C19H22NO3S2-. The van der Waals surface area contributed by atoms with Crippen LogP contribution in [-0.4, -0.2) is 27.1 Å². The van der Waals surface area contributed by atoms with Crippen LogP contribution in [0.15, 0.2) is 29.2 Å². The molecule has 1 fully saturated rings. The van der Waals surface area contributed by atoms with Crippen LogP contribution in [0.1, 0.15) is 45.7 Å². The van der Waals surface area contributed by atoms with Crippen molar-refractivity contribution < 1.29 is 14.7 Å². The van der Waals surface area contributed by atoms with Crippen LogP contribution in [0.4, 0.5) is 0 Å². The van der Waals surface area contributed by atoms with Gasteiger partial charge in [0, 0.05) is 0 Å². The number of carbonyl (C=O) groups excluding carboxylic acids is 2. The maximum absolute atomic E-state index is 12.7. The van der Waals surface area contributed by atoms with Crippen LogP contribution in [-0.2, 0) is 15.0 Å². The molecule has 2 rings (SSSR count). The summed E-state index contributed by atoms with van der Waals surface area (Å²) in [6.45, 7) is 9.87. The third-order valence-electron chi connectivity index (χ3n) is 4.05. The fraction of sp³-hybridized carbons (Fsp3) is 0.421. The van der Waals surface area contributed by atoms with Crippen LogP contribution in [0, 0.1) is 5.92 Å². The summed E-state index contributed by atoms with van der Waals surface area (Å²) in [5, 5.41) is 11.4. The Bertz CT molecular complexity index is 730. The highest BCUT2D eigenvalue weighted by Gasteiger charge is 2.39. The minimum absolute atomic E-state index is 0.0565. The zero-order chi connectivity index (χ0) is 18.9. The van der Waals surface area contributed by atoms with Crippen molar-refractivity contribution in [2.75, 3.05) is 0 Å². The van der Waals surface area contributed by atoms with Gasteiger partial charge in [-0.25, -0.2) is 0 Å². The number of benzene rings is 1. The molecule has 1 aromatic carbocycles. The van der Waals surface area contributed by atoms with Crippen molar-refractivity contribution in [2.24, 2.45) is 5.92 Å². The van der Waals surface area contributed by atoms with E-state index in [0.717, 1.165) is 22.2 Å². The molecule has 0 spiro atoms. The van der Waals surface area contributed by atoms with Crippen molar-refractivity contribution >= 4 is 46.3 Å². The summed E-state index contributed by atoms with van der Waals surface area (Å²) in [5.41, 5.74) is 2.14. The molecule has 0 unspecified atom stereocenters. The number of amides is 1. The molecule has 6 heteroatoms. The lowest BCUT2D eigenvalue weighted by Gasteiger charge is -2.30. The van der Waals surface area contributed by atoms with Crippen LogP contribution in [0.3, 0.4) is 0 Å². The molecule has 0 aromatic heterocycles. The number of nitrogens with zero attached hydrogens (tertiary/aromatic N) is 1. The molecule has 0 saturated carbocycles. The number of thioether (sulfide) groups is 1. The van der Waals surface area contributed by atoms with Crippen LogP contribution in [0.2, 0.25) is 0 Å². The maximum atomic E-state index is 12.7.